The molecular weight excluding hydrogens is 394 g/mol. The Morgan fingerprint density at radius 1 is 1.06 bits per heavy atom. The minimum atomic E-state index is -0.103. The average molecular weight is 426 g/mol. The van der Waals surface area contributed by atoms with Gasteiger partial charge in [-0.25, -0.2) is 4.79 Å². The summed E-state index contributed by atoms with van der Waals surface area (Å²) in [5, 5.41) is 3.07. The maximum atomic E-state index is 13.2. The van der Waals surface area contributed by atoms with Gasteiger partial charge in [0.05, 0.1) is 5.56 Å². The number of amides is 4. The van der Waals surface area contributed by atoms with Gasteiger partial charge in [0.2, 0.25) is 5.91 Å². The Morgan fingerprint density at radius 2 is 1.90 bits per heavy atom. The number of rotatable bonds is 2. The molecule has 5 rings (SSSR count). The van der Waals surface area contributed by atoms with E-state index in [0.717, 1.165) is 51.7 Å². The van der Waals surface area contributed by atoms with Crippen molar-refractivity contribution in [3.8, 4) is 0 Å². The molecule has 0 radical (unpaired) electrons. The van der Waals surface area contributed by atoms with Gasteiger partial charge in [0, 0.05) is 63.6 Å². The summed E-state index contributed by atoms with van der Waals surface area (Å²) in [5.41, 5.74) is 0.566. The largest absolute Gasteiger partial charge is 0.349 e. The smallest absolute Gasteiger partial charge is 0.320 e. The zero-order valence-corrected chi connectivity index (χ0v) is 17.9. The van der Waals surface area contributed by atoms with Gasteiger partial charge in [-0.3, -0.25) is 14.6 Å². The molecule has 1 aromatic heterocycles. The second-order valence-electron chi connectivity index (χ2n) is 9.53. The third-order valence-corrected chi connectivity index (χ3v) is 7.47. The van der Waals surface area contributed by atoms with E-state index in [1.807, 2.05) is 9.80 Å². The predicted octanol–water partition coefficient (Wildman–Crippen LogP) is 1.73. The summed E-state index contributed by atoms with van der Waals surface area (Å²) in [4.78, 5) is 48.0. The Balaban J connectivity index is 1.14. The molecule has 4 aliphatic rings. The highest BCUT2D eigenvalue weighted by atomic mass is 16.2. The zero-order chi connectivity index (χ0) is 21.4. The van der Waals surface area contributed by atoms with Gasteiger partial charge in [-0.15, -0.1) is 0 Å². The molecule has 2 bridgehead atoms. The molecule has 166 valence electrons. The summed E-state index contributed by atoms with van der Waals surface area (Å²) in [6.45, 7) is 3.66. The predicted molar refractivity (Wildman–Crippen MR) is 114 cm³/mol. The van der Waals surface area contributed by atoms with Crippen molar-refractivity contribution in [2.45, 2.75) is 50.6 Å². The fourth-order valence-electron chi connectivity index (χ4n) is 5.95. The Bertz CT molecular complexity index is 839. The van der Waals surface area contributed by atoms with Crippen molar-refractivity contribution in [1.82, 2.24) is 25.0 Å². The van der Waals surface area contributed by atoms with E-state index < -0.39 is 0 Å². The van der Waals surface area contributed by atoms with E-state index in [-0.39, 0.29) is 18.0 Å². The van der Waals surface area contributed by atoms with Crippen molar-refractivity contribution in [3.63, 3.8) is 0 Å². The number of urea groups is 1. The fourth-order valence-corrected chi connectivity index (χ4v) is 5.95. The first-order valence-electron chi connectivity index (χ1n) is 11.6. The lowest BCUT2D eigenvalue weighted by atomic mass is 9.76. The van der Waals surface area contributed by atoms with Crippen molar-refractivity contribution in [2.75, 3.05) is 32.7 Å². The lowest BCUT2D eigenvalue weighted by molar-refractivity contribution is -0.144. The minimum absolute atomic E-state index is 0.0827. The number of hydrogen-bond acceptors (Lipinski definition) is 4. The molecule has 1 aromatic rings. The van der Waals surface area contributed by atoms with Crippen LogP contribution in [0.3, 0.4) is 0 Å². The van der Waals surface area contributed by atoms with Crippen molar-refractivity contribution in [2.24, 2.45) is 11.8 Å². The Hall–Kier alpha value is -2.64. The average Bonchev–Trinajstić information content (AvgIpc) is 2.80. The van der Waals surface area contributed by atoms with Gasteiger partial charge in [-0.1, -0.05) is 0 Å². The van der Waals surface area contributed by atoms with Gasteiger partial charge in [-0.2, -0.15) is 0 Å². The van der Waals surface area contributed by atoms with Crippen LogP contribution in [-0.2, 0) is 4.79 Å². The van der Waals surface area contributed by atoms with Gasteiger partial charge >= 0.3 is 6.03 Å². The molecular formula is C23H31N5O3. The van der Waals surface area contributed by atoms with Crippen LogP contribution >= 0.6 is 0 Å². The first kappa shape index (κ1) is 20.3. The highest BCUT2D eigenvalue weighted by molar-refractivity contribution is 5.94. The number of carbonyl (C=O) groups is 3. The van der Waals surface area contributed by atoms with Gasteiger partial charge in [0.15, 0.2) is 0 Å². The van der Waals surface area contributed by atoms with Crippen LogP contribution in [0.15, 0.2) is 24.5 Å². The van der Waals surface area contributed by atoms with Crippen LogP contribution in [0.1, 0.15) is 48.9 Å². The molecule has 4 aliphatic heterocycles. The molecule has 5 heterocycles. The standard InChI is InChI=1S/C23H31N5O3/c29-21-5-1-4-20-18-11-16(14-28(20)21)13-27(15-18)23(31)26-9-6-19(7-10-26)25-22(30)17-3-2-8-24-12-17/h2-3,8,12,16,18-20H,1,4-7,9-11,13-15H2,(H,25,30)/t16-,18-,20-/m1/s1. The Kier molecular flexibility index (Phi) is 5.54. The second kappa shape index (κ2) is 8.48. The molecule has 1 N–H and O–H groups in total. The molecule has 0 aliphatic carbocycles. The number of hydrogen-bond donors (Lipinski definition) is 1. The van der Waals surface area contributed by atoms with Crippen LogP contribution in [0, 0.1) is 11.8 Å². The van der Waals surface area contributed by atoms with Gasteiger partial charge < -0.3 is 20.0 Å². The molecule has 4 fully saturated rings. The quantitative estimate of drug-likeness (QED) is 0.782. The normalized spacial score (nSPS) is 28.8. The zero-order valence-electron chi connectivity index (χ0n) is 17.9. The molecule has 8 nitrogen and oxygen atoms in total. The topological polar surface area (TPSA) is 85.8 Å². The number of fused-ring (bicyclic) bond motifs is 4. The molecule has 0 unspecified atom stereocenters. The van der Waals surface area contributed by atoms with E-state index in [1.165, 1.54) is 0 Å². The van der Waals surface area contributed by atoms with Crippen LogP contribution in [0.2, 0.25) is 0 Å². The number of aromatic nitrogens is 1. The van der Waals surface area contributed by atoms with E-state index in [1.54, 1.807) is 24.5 Å². The summed E-state index contributed by atoms with van der Waals surface area (Å²) in [6.07, 6.45) is 8.64. The lowest BCUT2D eigenvalue weighted by Crippen LogP contribution is -2.62. The summed E-state index contributed by atoms with van der Waals surface area (Å²) in [5.74, 6) is 1.02. The first-order chi connectivity index (χ1) is 15.1. The fraction of sp³-hybridized carbons (Fsp3) is 0.652. The Labute approximate surface area is 183 Å². The van der Waals surface area contributed by atoms with Crippen molar-refractivity contribution < 1.29 is 14.4 Å². The molecule has 4 saturated heterocycles. The van der Waals surface area contributed by atoms with E-state index in [4.69, 9.17) is 0 Å². The molecule has 8 heteroatoms. The van der Waals surface area contributed by atoms with Gasteiger partial charge in [0.25, 0.3) is 5.91 Å². The van der Waals surface area contributed by atoms with Crippen LogP contribution in [-0.4, -0.2) is 82.3 Å². The minimum Gasteiger partial charge on any atom is -0.349 e. The molecule has 0 saturated carbocycles. The molecule has 4 amide bonds. The highest BCUT2D eigenvalue weighted by Gasteiger charge is 2.45. The number of carbonyl (C=O) groups excluding carboxylic acids is 3. The summed E-state index contributed by atoms with van der Waals surface area (Å²) >= 11 is 0. The number of pyridine rings is 1. The third kappa shape index (κ3) is 4.12. The first-order valence-corrected chi connectivity index (χ1v) is 11.6. The summed E-state index contributed by atoms with van der Waals surface area (Å²) < 4.78 is 0. The van der Waals surface area contributed by atoms with Crippen molar-refractivity contribution in [3.05, 3.63) is 30.1 Å². The molecule has 0 spiro atoms. The van der Waals surface area contributed by atoms with E-state index in [9.17, 15) is 14.4 Å². The SMILES string of the molecule is O=C(NC1CCN(C(=O)N2C[C@H]3C[C@H](C2)[C@H]2CCCC(=O)N2C3)CC1)c1cccnc1. The second-order valence-corrected chi connectivity index (χ2v) is 9.53. The molecule has 3 atom stereocenters. The molecule has 0 aromatic carbocycles. The highest BCUT2D eigenvalue weighted by Crippen LogP contribution is 2.38. The molecule has 31 heavy (non-hydrogen) atoms. The summed E-state index contributed by atoms with van der Waals surface area (Å²) in [7, 11) is 0. The lowest BCUT2D eigenvalue weighted by Gasteiger charge is -2.53. The van der Waals surface area contributed by atoms with Crippen molar-refractivity contribution in [1.29, 1.82) is 0 Å². The maximum absolute atomic E-state index is 13.2. The number of nitrogens with one attached hydrogen (secondary N) is 1. The number of likely N-dealkylation sites (tertiary alicyclic amines) is 2. The van der Waals surface area contributed by atoms with Gasteiger partial charge in [-0.05, 0) is 56.1 Å². The summed E-state index contributed by atoms with van der Waals surface area (Å²) in [6, 6.07) is 4.05. The van der Waals surface area contributed by atoms with Crippen LogP contribution in [0.25, 0.3) is 0 Å². The van der Waals surface area contributed by atoms with Crippen LogP contribution in [0.4, 0.5) is 4.79 Å². The number of nitrogens with zero attached hydrogens (tertiary/aromatic N) is 4. The number of piperidine rings is 4. The maximum Gasteiger partial charge on any atom is 0.320 e. The van der Waals surface area contributed by atoms with Crippen LogP contribution in [0.5, 0.6) is 0 Å². The van der Waals surface area contributed by atoms with Crippen molar-refractivity contribution >= 4 is 17.8 Å². The van der Waals surface area contributed by atoms with Crippen LogP contribution < -0.4 is 5.32 Å². The Morgan fingerprint density at radius 3 is 2.68 bits per heavy atom. The van der Waals surface area contributed by atoms with E-state index in [0.29, 0.717) is 48.9 Å². The monoisotopic (exact) mass is 425 g/mol. The third-order valence-electron chi connectivity index (χ3n) is 7.47. The van der Waals surface area contributed by atoms with E-state index >= 15 is 0 Å². The van der Waals surface area contributed by atoms with Gasteiger partial charge in [0.1, 0.15) is 0 Å². The van der Waals surface area contributed by atoms with E-state index in [2.05, 4.69) is 15.2 Å².